The highest BCUT2D eigenvalue weighted by Crippen LogP contribution is 2.33. The lowest BCUT2D eigenvalue weighted by Crippen LogP contribution is -2.26. The van der Waals surface area contributed by atoms with Crippen LogP contribution in [0.4, 0.5) is 27.9 Å². The van der Waals surface area contributed by atoms with Crippen LogP contribution in [0.3, 0.4) is 0 Å². The van der Waals surface area contributed by atoms with Gasteiger partial charge in [-0.1, -0.05) is 12.1 Å². The fourth-order valence-electron chi connectivity index (χ4n) is 3.86. The first-order valence-electron chi connectivity index (χ1n) is 10.9. The van der Waals surface area contributed by atoms with Gasteiger partial charge in [0.2, 0.25) is 5.95 Å². The van der Waals surface area contributed by atoms with Crippen LogP contribution in [0.15, 0.2) is 42.6 Å². The van der Waals surface area contributed by atoms with Crippen molar-refractivity contribution in [2.75, 3.05) is 31.3 Å². The molecular weight excluding hydrogens is 450 g/mol. The van der Waals surface area contributed by atoms with E-state index in [1.807, 2.05) is 12.1 Å². The van der Waals surface area contributed by atoms with Gasteiger partial charge in [0.1, 0.15) is 23.7 Å². The Labute approximate surface area is 202 Å². The topological polar surface area (TPSA) is 158 Å². The average molecular weight is 478 g/mol. The van der Waals surface area contributed by atoms with Crippen molar-refractivity contribution in [3.05, 3.63) is 64.8 Å². The van der Waals surface area contributed by atoms with Gasteiger partial charge in [0.25, 0.3) is 5.91 Å². The third-order valence-corrected chi connectivity index (χ3v) is 5.60. The van der Waals surface area contributed by atoms with Gasteiger partial charge < -0.3 is 36.5 Å². The lowest BCUT2D eigenvalue weighted by atomic mass is 9.99. The van der Waals surface area contributed by atoms with Gasteiger partial charge in [-0.25, -0.2) is 9.78 Å². The molecule has 0 saturated heterocycles. The molecule has 0 unspecified atom stereocenters. The number of carbonyl (C=O) groups excluding carboxylic acids is 2. The Hall–Kier alpha value is -4.38. The van der Waals surface area contributed by atoms with Crippen molar-refractivity contribution in [1.29, 1.82) is 0 Å². The molecule has 0 atom stereocenters. The number of primary amides is 2. The lowest BCUT2D eigenvalue weighted by molar-refractivity contribution is 0.100. The van der Waals surface area contributed by atoms with Crippen molar-refractivity contribution in [3.63, 3.8) is 0 Å². The largest absolute Gasteiger partial charge is 0.495 e. The minimum Gasteiger partial charge on any atom is -0.495 e. The fourth-order valence-corrected chi connectivity index (χ4v) is 3.86. The van der Waals surface area contributed by atoms with Gasteiger partial charge in [0.05, 0.1) is 12.8 Å². The molecule has 0 spiro atoms. The van der Waals surface area contributed by atoms with Crippen LogP contribution in [0.5, 0.6) is 5.75 Å². The number of nitrogens with two attached hydrogens (primary N) is 2. The maximum atomic E-state index is 12.0. The highest BCUT2D eigenvalue weighted by Gasteiger charge is 2.18. The molecule has 11 heteroatoms. The summed E-state index contributed by atoms with van der Waals surface area (Å²) in [5.41, 5.74) is 15.2. The second kappa shape index (κ2) is 10.3. The van der Waals surface area contributed by atoms with E-state index < -0.39 is 12.0 Å². The van der Waals surface area contributed by atoms with Gasteiger partial charge in [0, 0.05) is 25.0 Å². The predicted molar refractivity (Wildman–Crippen MR) is 131 cm³/mol. The standard InChI is InChI=1S/C24H27N7O4/c1-31-7-6-15-10-20(34-2)19(9-16(15)12-31)29-24-27-11-18(21(25)32)22(30-24)28-17-5-3-4-14(8-17)13-35-23(26)33/h3-5,8-11H,6-7,12-13H2,1-2H3,(H2,25,32)(H2,26,33)(H2,27,28,29,30). The van der Waals surface area contributed by atoms with Crippen LogP contribution in [0.1, 0.15) is 27.0 Å². The second-order valence-electron chi connectivity index (χ2n) is 8.19. The van der Waals surface area contributed by atoms with Crippen LogP contribution in [-0.2, 0) is 24.3 Å². The zero-order valence-corrected chi connectivity index (χ0v) is 19.5. The highest BCUT2D eigenvalue weighted by molar-refractivity contribution is 5.98. The van der Waals surface area contributed by atoms with Crippen LogP contribution in [0.2, 0.25) is 0 Å². The number of fused-ring (bicyclic) bond motifs is 1. The number of rotatable bonds is 8. The number of amides is 2. The van der Waals surface area contributed by atoms with E-state index in [-0.39, 0.29) is 23.9 Å². The van der Waals surface area contributed by atoms with Crippen molar-refractivity contribution < 1.29 is 19.1 Å². The van der Waals surface area contributed by atoms with Crippen molar-refractivity contribution in [1.82, 2.24) is 14.9 Å². The van der Waals surface area contributed by atoms with E-state index in [9.17, 15) is 9.59 Å². The molecule has 35 heavy (non-hydrogen) atoms. The molecule has 1 aromatic heterocycles. The molecule has 1 aliphatic rings. The first kappa shape index (κ1) is 23.8. The smallest absolute Gasteiger partial charge is 0.404 e. The third kappa shape index (κ3) is 5.76. The Morgan fingerprint density at radius 2 is 1.97 bits per heavy atom. The first-order valence-corrected chi connectivity index (χ1v) is 10.9. The summed E-state index contributed by atoms with van der Waals surface area (Å²) in [7, 11) is 3.69. The maximum absolute atomic E-state index is 12.0. The predicted octanol–water partition coefficient (Wildman–Crippen LogP) is 2.65. The second-order valence-corrected chi connectivity index (χ2v) is 8.19. The SMILES string of the molecule is COc1cc2c(cc1Nc1ncc(C(N)=O)c(Nc3cccc(COC(N)=O)c3)n1)CN(C)CC2. The summed E-state index contributed by atoms with van der Waals surface area (Å²) < 4.78 is 10.4. The van der Waals surface area contributed by atoms with E-state index in [0.717, 1.165) is 19.5 Å². The van der Waals surface area contributed by atoms with Crippen LogP contribution < -0.4 is 26.8 Å². The molecule has 0 bridgehead atoms. The van der Waals surface area contributed by atoms with Crippen molar-refractivity contribution >= 4 is 35.1 Å². The zero-order chi connectivity index (χ0) is 24.9. The molecule has 182 valence electrons. The Morgan fingerprint density at radius 3 is 2.71 bits per heavy atom. The monoisotopic (exact) mass is 477 g/mol. The van der Waals surface area contributed by atoms with Gasteiger partial charge in [-0.3, -0.25) is 4.79 Å². The lowest BCUT2D eigenvalue weighted by Gasteiger charge is -2.26. The van der Waals surface area contributed by atoms with Gasteiger partial charge >= 0.3 is 6.09 Å². The molecule has 0 saturated carbocycles. The van der Waals surface area contributed by atoms with Gasteiger partial charge in [0.15, 0.2) is 0 Å². The number of benzene rings is 2. The number of aromatic nitrogens is 2. The van der Waals surface area contributed by atoms with Crippen molar-refractivity contribution in [2.24, 2.45) is 11.5 Å². The molecule has 2 amide bonds. The molecule has 11 nitrogen and oxygen atoms in total. The maximum Gasteiger partial charge on any atom is 0.404 e. The van der Waals surface area contributed by atoms with E-state index in [2.05, 4.69) is 32.5 Å². The number of hydrogen-bond donors (Lipinski definition) is 4. The average Bonchev–Trinajstić information content (AvgIpc) is 2.82. The van der Waals surface area contributed by atoms with Gasteiger partial charge in [-0.15, -0.1) is 0 Å². The number of ether oxygens (including phenoxy) is 2. The van der Waals surface area contributed by atoms with Crippen molar-refractivity contribution in [3.8, 4) is 5.75 Å². The zero-order valence-electron chi connectivity index (χ0n) is 19.5. The minimum absolute atomic E-state index is 0.0113. The molecule has 6 N–H and O–H groups in total. The Morgan fingerprint density at radius 1 is 1.14 bits per heavy atom. The van der Waals surface area contributed by atoms with E-state index in [4.69, 9.17) is 20.9 Å². The number of anilines is 4. The molecule has 2 heterocycles. The summed E-state index contributed by atoms with van der Waals surface area (Å²) in [4.78, 5) is 33.9. The Balaban J connectivity index is 1.62. The first-order chi connectivity index (χ1) is 16.8. The van der Waals surface area contributed by atoms with Crippen LogP contribution >= 0.6 is 0 Å². The molecule has 3 aromatic rings. The van der Waals surface area contributed by atoms with E-state index >= 15 is 0 Å². The summed E-state index contributed by atoms with van der Waals surface area (Å²) in [6.45, 7) is 1.83. The number of nitrogens with one attached hydrogen (secondary N) is 2. The Bertz CT molecular complexity index is 1260. The fraction of sp³-hybridized carbons (Fsp3) is 0.250. The number of nitrogens with zero attached hydrogens (tertiary/aromatic N) is 3. The molecule has 2 aromatic carbocycles. The summed E-state index contributed by atoms with van der Waals surface area (Å²) in [6.07, 6.45) is 1.44. The number of methoxy groups -OCH3 is 1. The van der Waals surface area contributed by atoms with Crippen LogP contribution in [0, 0.1) is 0 Å². The van der Waals surface area contributed by atoms with Crippen LogP contribution in [-0.4, -0.2) is 47.6 Å². The summed E-state index contributed by atoms with van der Waals surface area (Å²) in [6, 6.07) is 11.1. The third-order valence-electron chi connectivity index (χ3n) is 5.60. The highest BCUT2D eigenvalue weighted by atomic mass is 16.5. The van der Waals surface area contributed by atoms with E-state index in [1.54, 1.807) is 31.4 Å². The minimum atomic E-state index is -0.866. The van der Waals surface area contributed by atoms with E-state index in [1.165, 1.54) is 17.3 Å². The quantitative estimate of drug-likeness (QED) is 0.383. The number of hydrogen-bond acceptors (Lipinski definition) is 9. The van der Waals surface area contributed by atoms with Gasteiger partial charge in [-0.2, -0.15) is 4.98 Å². The summed E-state index contributed by atoms with van der Waals surface area (Å²) >= 11 is 0. The molecule has 0 radical (unpaired) electrons. The molecule has 4 rings (SSSR count). The summed E-state index contributed by atoms with van der Waals surface area (Å²) in [5, 5.41) is 6.29. The molecule has 0 aliphatic carbocycles. The van der Waals surface area contributed by atoms with E-state index in [0.29, 0.717) is 22.7 Å². The molecule has 1 aliphatic heterocycles. The van der Waals surface area contributed by atoms with Crippen molar-refractivity contribution in [2.45, 2.75) is 19.6 Å². The number of carbonyl (C=O) groups is 2. The molecular formula is C24H27N7O4. The number of likely N-dealkylation sites (N-methyl/N-ethyl adjacent to an activating group) is 1. The molecule has 0 fully saturated rings. The summed E-state index contributed by atoms with van der Waals surface area (Å²) in [5.74, 6) is 0.474. The Kier molecular flexibility index (Phi) is 6.97. The van der Waals surface area contributed by atoms with Gasteiger partial charge in [-0.05, 0) is 54.4 Å². The van der Waals surface area contributed by atoms with Crippen LogP contribution in [0.25, 0.3) is 0 Å². The normalized spacial score (nSPS) is 13.0.